The number of ether oxygens (including phenoxy) is 1. The number of esters is 1. The summed E-state index contributed by atoms with van der Waals surface area (Å²) in [7, 11) is 0. The normalized spacial score (nSPS) is 13.0. The number of para-hydroxylation sites is 1. The summed E-state index contributed by atoms with van der Waals surface area (Å²) in [4.78, 5) is 26.0. The highest BCUT2D eigenvalue weighted by Crippen LogP contribution is 2.42. The zero-order chi connectivity index (χ0) is 72.2. The maximum atomic E-state index is 14.2. The number of alkyl halides is 24. The summed E-state index contributed by atoms with van der Waals surface area (Å²) in [5.74, 6) is -0.401. The number of carbonyl (C=O) groups excluding carboxylic acids is 2. The lowest BCUT2D eigenvalue weighted by Gasteiger charge is -2.46. The summed E-state index contributed by atoms with van der Waals surface area (Å²) in [5.41, 5.74) is -28.3. The molecule has 6 aromatic carbocycles. The predicted octanol–water partition coefficient (Wildman–Crippen LogP) is 20.6. The molecule has 0 aliphatic rings. The molecule has 0 fully saturated rings. The van der Waals surface area contributed by atoms with Gasteiger partial charge in [-0.05, 0) is 42.8 Å². The SMILES string of the molecule is CCCCCCCCCCCCCCCCCCOC(=O)c1ccc2ccccc2[n+]1CC(=O)c1ccccc1.FC(F)(F)c1cc([B-](c2cc(C(F)(F)F)cc(C(F)(F)F)c2)(c2cc(C(F)(F)F)cc(C(F)(F)F)c2)c2cc(C(F)(F)F)cc(C(F)(F)F)c2)cc(C(F)(F)F)c1. The molecule has 1 heterocycles. The summed E-state index contributed by atoms with van der Waals surface area (Å²) in [6.45, 7) is 2.78. The first-order valence-corrected chi connectivity index (χ1v) is 30.5. The lowest BCUT2D eigenvalue weighted by molar-refractivity contribution is -0.659. The van der Waals surface area contributed by atoms with Crippen LogP contribution in [0, 0.1) is 0 Å². The fourth-order valence-corrected chi connectivity index (χ4v) is 11.4. The smallest absolute Gasteiger partial charge is 0.416 e. The van der Waals surface area contributed by atoms with Crippen LogP contribution in [0.15, 0.2) is 140 Å². The zero-order valence-corrected chi connectivity index (χ0v) is 51.3. The summed E-state index contributed by atoms with van der Waals surface area (Å²) in [6, 6.07) is 11.9. The van der Waals surface area contributed by atoms with Crippen LogP contribution in [0.1, 0.15) is 175 Å². The Labute approximate surface area is 540 Å². The minimum atomic E-state index is -6.13. The second-order valence-electron chi connectivity index (χ2n) is 23.3. The number of aromatic nitrogens is 1. The molecule has 7 aromatic rings. The van der Waals surface area contributed by atoms with Crippen LogP contribution in [0.4, 0.5) is 105 Å². The van der Waals surface area contributed by atoms with Gasteiger partial charge in [-0.25, -0.2) is 4.79 Å². The third-order valence-electron chi connectivity index (χ3n) is 16.2. The molecule has 0 radical (unpaired) electrons. The minimum Gasteiger partial charge on any atom is -0.458 e. The van der Waals surface area contributed by atoms with Gasteiger partial charge in [0.05, 0.1) is 51.1 Å². The van der Waals surface area contributed by atoms with E-state index in [0.717, 1.165) is 23.7 Å². The van der Waals surface area contributed by atoms with Crippen molar-refractivity contribution in [3.8, 4) is 0 Å². The highest BCUT2D eigenvalue weighted by Gasteiger charge is 2.47. The number of carbonyl (C=O) groups is 2. The molecule has 0 aliphatic heterocycles. The summed E-state index contributed by atoms with van der Waals surface area (Å²) >= 11 is 0. The first-order valence-electron chi connectivity index (χ1n) is 30.5. The molecule has 528 valence electrons. The number of hydrogen-bond donors (Lipinski definition) is 0. The van der Waals surface area contributed by atoms with E-state index in [1.165, 1.54) is 89.9 Å². The molecule has 97 heavy (non-hydrogen) atoms. The number of pyridine rings is 1. The number of ketones is 1. The zero-order valence-electron chi connectivity index (χ0n) is 51.3. The van der Waals surface area contributed by atoms with Crippen LogP contribution >= 0.6 is 0 Å². The number of unbranched alkanes of at least 4 members (excludes halogenated alkanes) is 15. The molecular formula is C68H62BF24NO3. The van der Waals surface area contributed by atoms with Crippen molar-refractivity contribution in [2.45, 2.75) is 166 Å². The lowest BCUT2D eigenvalue weighted by atomic mass is 9.12. The Kier molecular flexibility index (Phi) is 25.7. The summed E-state index contributed by atoms with van der Waals surface area (Å²) in [5, 5.41) is 0.984. The van der Waals surface area contributed by atoms with Gasteiger partial charge in [-0.15, -0.1) is 0 Å². The van der Waals surface area contributed by atoms with Gasteiger partial charge >= 0.3 is 55.4 Å². The highest BCUT2D eigenvalue weighted by atomic mass is 19.4. The monoisotopic (exact) mass is 1410 g/mol. The van der Waals surface area contributed by atoms with Crippen molar-refractivity contribution in [1.82, 2.24) is 0 Å². The molecule has 0 amide bonds. The van der Waals surface area contributed by atoms with Crippen molar-refractivity contribution in [1.29, 1.82) is 0 Å². The third-order valence-corrected chi connectivity index (χ3v) is 16.2. The standard InChI is InChI=1S/C36H50NO3.C32H12BF24/c1-2-3-4-5-6-7-8-9-10-11-12-13-14-15-16-22-29-40-36(39)34-28-27-31-23-20-21-26-33(31)37(34)30-35(38)32-24-18-17-19-25-32;34-25(35,36)13-1-14(26(37,38)39)6-21(5-13)33(22-7-15(27(40,41)42)2-16(8-22)28(43,44)45,23-9-17(29(46,47)48)3-18(10-23)30(49,50)51)24-11-19(31(52,53)54)4-20(12-24)32(55,56)57/h17-21,23-28H,2-16,22,29-30H2,1H3;1-12H/q+1;-1. The summed E-state index contributed by atoms with van der Waals surface area (Å²) < 4.78 is 348. The number of rotatable bonds is 25. The number of fused-ring (bicyclic) bond motifs is 1. The van der Waals surface area contributed by atoms with Gasteiger partial charge in [0, 0.05) is 23.1 Å². The van der Waals surface area contributed by atoms with Crippen molar-refractivity contribution < 1.29 is 124 Å². The van der Waals surface area contributed by atoms with Crippen LogP contribution in [0.3, 0.4) is 0 Å². The number of nitrogens with zero attached hydrogens (tertiary/aromatic N) is 1. The Balaban J connectivity index is 0.000000326. The van der Waals surface area contributed by atoms with Gasteiger partial charge in [-0.1, -0.05) is 194 Å². The molecule has 7 rings (SSSR count). The molecule has 29 heteroatoms. The summed E-state index contributed by atoms with van der Waals surface area (Å²) in [6.07, 6.45) is -33.8. The highest BCUT2D eigenvalue weighted by molar-refractivity contribution is 7.20. The predicted molar refractivity (Wildman–Crippen MR) is 315 cm³/mol. The number of halogens is 24. The Bertz CT molecular complexity index is 3330. The van der Waals surface area contributed by atoms with Crippen LogP contribution in [0.2, 0.25) is 0 Å². The van der Waals surface area contributed by atoms with Crippen LogP contribution in [0.5, 0.6) is 0 Å². The minimum absolute atomic E-state index is 0.0335. The van der Waals surface area contributed by atoms with Crippen LogP contribution in [-0.4, -0.2) is 24.5 Å². The quantitative estimate of drug-likeness (QED) is 0.0143. The van der Waals surface area contributed by atoms with E-state index in [0.29, 0.717) is 17.9 Å². The van der Waals surface area contributed by atoms with E-state index in [4.69, 9.17) is 4.74 Å². The number of benzene rings is 6. The molecule has 0 spiro atoms. The first-order chi connectivity index (χ1) is 45.0. The van der Waals surface area contributed by atoms with Crippen LogP contribution in [0.25, 0.3) is 10.9 Å². The van der Waals surface area contributed by atoms with E-state index in [9.17, 15) is 115 Å². The Morgan fingerprint density at radius 1 is 0.340 bits per heavy atom. The second-order valence-corrected chi connectivity index (χ2v) is 23.3. The molecule has 4 nitrogen and oxygen atoms in total. The van der Waals surface area contributed by atoms with Gasteiger partial charge in [0.2, 0.25) is 17.8 Å². The van der Waals surface area contributed by atoms with Crippen molar-refractivity contribution in [3.05, 3.63) is 195 Å². The Hall–Kier alpha value is -7.75. The molecule has 0 N–H and O–H groups in total. The van der Waals surface area contributed by atoms with E-state index < -0.39 is 195 Å². The van der Waals surface area contributed by atoms with Gasteiger partial charge in [0.25, 0.3) is 5.69 Å². The average Bonchev–Trinajstić information content (AvgIpc) is 0.709. The molecule has 0 saturated heterocycles. The average molecular weight is 1410 g/mol. The van der Waals surface area contributed by atoms with Gasteiger partial charge in [0.1, 0.15) is 6.15 Å². The first kappa shape index (κ1) is 78.3. The van der Waals surface area contributed by atoms with E-state index in [2.05, 4.69) is 6.92 Å². The lowest BCUT2D eigenvalue weighted by Crippen LogP contribution is -2.75. The van der Waals surface area contributed by atoms with Gasteiger partial charge in [-0.3, -0.25) is 4.79 Å². The van der Waals surface area contributed by atoms with Crippen LogP contribution in [-0.2, 0) is 60.7 Å². The number of Topliss-reactive ketones (excluding diaryl/α,β-unsaturated/α-hetero) is 1. The Morgan fingerprint density at radius 3 is 0.918 bits per heavy atom. The van der Waals surface area contributed by atoms with Gasteiger partial charge in [-0.2, -0.15) is 132 Å². The molecule has 0 bridgehead atoms. The van der Waals surface area contributed by atoms with E-state index >= 15 is 0 Å². The molecule has 0 atom stereocenters. The van der Waals surface area contributed by atoms with E-state index in [1.54, 1.807) is 10.6 Å². The maximum absolute atomic E-state index is 14.2. The van der Waals surface area contributed by atoms with E-state index in [1.807, 2.05) is 60.7 Å². The van der Waals surface area contributed by atoms with Crippen molar-refractivity contribution in [3.63, 3.8) is 0 Å². The van der Waals surface area contributed by atoms with Crippen molar-refractivity contribution in [2.75, 3.05) is 6.61 Å². The van der Waals surface area contributed by atoms with Crippen molar-refractivity contribution >= 4 is 50.7 Å². The van der Waals surface area contributed by atoms with Crippen molar-refractivity contribution in [2.24, 2.45) is 0 Å². The Morgan fingerprint density at radius 2 is 0.619 bits per heavy atom. The molecule has 1 aromatic heterocycles. The van der Waals surface area contributed by atoms with Gasteiger partial charge < -0.3 is 4.74 Å². The third kappa shape index (κ3) is 21.4. The fourth-order valence-electron chi connectivity index (χ4n) is 11.4. The van der Waals surface area contributed by atoms with Crippen LogP contribution < -0.4 is 26.4 Å². The molecule has 0 aliphatic carbocycles. The molecule has 0 saturated carbocycles. The molecular weight excluding hydrogens is 1350 g/mol. The van der Waals surface area contributed by atoms with E-state index in [-0.39, 0.29) is 18.3 Å². The molecule has 0 unspecified atom stereocenters. The second kappa shape index (κ2) is 31.8. The number of hydrogen-bond acceptors (Lipinski definition) is 3. The largest absolute Gasteiger partial charge is 0.458 e. The topological polar surface area (TPSA) is 47.2 Å². The fraction of sp³-hybridized carbons (Fsp3) is 0.397. The van der Waals surface area contributed by atoms with Gasteiger partial charge in [0.15, 0.2) is 0 Å². The maximum Gasteiger partial charge on any atom is 0.416 e.